The Labute approximate surface area is 183 Å². The number of aromatic amines is 1. The molecule has 4 rings (SSSR count). The third-order valence-electron chi connectivity index (χ3n) is 5.96. The number of amides is 1. The van der Waals surface area contributed by atoms with Crippen molar-refractivity contribution >= 4 is 11.9 Å². The van der Waals surface area contributed by atoms with E-state index in [0.29, 0.717) is 32.2 Å². The van der Waals surface area contributed by atoms with Gasteiger partial charge in [-0.1, -0.05) is 0 Å². The number of hydrogen-bond acceptors (Lipinski definition) is 6. The number of H-pyrrole nitrogens is 1. The monoisotopic (exact) mass is 452 g/mol. The van der Waals surface area contributed by atoms with Gasteiger partial charge in [0.15, 0.2) is 0 Å². The summed E-state index contributed by atoms with van der Waals surface area (Å²) >= 11 is 0. The van der Waals surface area contributed by atoms with E-state index in [9.17, 15) is 23.1 Å². The third-order valence-corrected chi connectivity index (χ3v) is 5.96. The van der Waals surface area contributed by atoms with Gasteiger partial charge < -0.3 is 26.0 Å². The topological polar surface area (TPSA) is 115 Å². The molecule has 1 unspecified atom stereocenters. The lowest BCUT2D eigenvalue weighted by Gasteiger charge is -2.25. The van der Waals surface area contributed by atoms with Gasteiger partial charge in [0.05, 0.1) is 11.8 Å². The van der Waals surface area contributed by atoms with Crippen molar-refractivity contribution in [3.05, 3.63) is 29.7 Å². The van der Waals surface area contributed by atoms with Crippen molar-refractivity contribution in [3.63, 3.8) is 0 Å². The molecule has 0 bridgehead atoms. The average Bonchev–Trinajstić information content (AvgIpc) is 3.26. The highest BCUT2D eigenvalue weighted by molar-refractivity contribution is 5.94. The standard InChI is InChI=1S/C21H27F3N6O2/c22-21(23,24)16-11-27-20(29-14-2-1-7-25-10-14)30-18(16)12-8-17(26-9-12)19(32)28-13-3-5-15(31)6-4-13/h8-9,11,13-15,25-26,31H,1-7,10H2,(H,28,32)(H,27,29,30). The Morgan fingerprint density at radius 2 is 1.94 bits per heavy atom. The maximum Gasteiger partial charge on any atom is 0.419 e. The fourth-order valence-corrected chi connectivity index (χ4v) is 4.18. The molecular formula is C21H27F3N6O2. The lowest BCUT2D eigenvalue weighted by molar-refractivity contribution is -0.137. The van der Waals surface area contributed by atoms with Crippen LogP contribution in [0.4, 0.5) is 19.1 Å². The second-order valence-electron chi connectivity index (χ2n) is 8.42. The van der Waals surface area contributed by atoms with Crippen LogP contribution in [0.15, 0.2) is 18.5 Å². The number of aliphatic hydroxyl groups excluding tert-OH is 1. The van der Waals surface area contributed by atoms with Crippen LogP contribution in [0, 0.1) is 0 Å². The van der Waals surface area contributed by atoms with Crippen molar-refractivity contribution < 1.29 is 23.1 Å². The SMILES string of the molecule is O=C(NC1CCC(O)CC1)c1cc(-c2nc(NC3CCCNC3)ncc2C(F)(F)F)c[nH]1. The van der Waals surface area contributed by atoms with Crippen LogP contribution < -0.4 is 16.0 Å². The number of anilines is 1. The lowest BCUT2D eigenvalue weighted by atomic mass is 9.93. The van der Waals surface area contributed by atoms with Gasteiger partial charge in [0.1, 0.15) is 11.3 Å². The zero-order valence-corrected chi connectivity index (χ0v) is 17.5. The van der Waals surface area contributed by atoms with E-state index in [4.69, 9.17) is 0 Å². The minimum atomic E-state index is -4.64. The number of nitrogens with zero attached hydrogens (tertiary/aromatic N) is 2. The Morgan fingerprint density at radius 3 is 2.62 bits per heavy atom. The quantitative estimate of drug-likeness (QED) is 0.477. The van der Waals surface area contributed by atoms with Crippen molar-refractivity contribution in [1.82, 2.24) is 25.6 Å². The number of hydrogen-bond donors (Lipinski definition) is 5. The van der Waals surface area contributed by atoms with Gasteiger partial charge in [0, 0.05) is 36.6 Å². The molecule has 8 nitrogen and oxygen atoms in total. The molecule has 1 saturated heterocycles. The van der Waals surface area contributed by atoms with Crippen LogP contribution in [0.3, 0.4) is 0 Å². The average molecular weight is 452 g/mol. The second kappa shape index (κ2) is 9.45. The van der Waals surface area contributed by atoms with Crippen LogP contribution in [0.25, 0.3) is 11.3 Å². The van der Waals surface area contributed by atoms with Gasteiger partial charge in [0.25, 0.3) is 5.91 Å². The molecule has 2 aromatic rings. The summed E-state index contributed by atoms with van der Waals surface area (Å²) in [7, 11) is 0. The summed E-state index contributed by atoms with van der Waals surface area (Å²) in [4.78, 5) is 23.4. The lowest BCUT2D eigenvalue weighted by Crippen LogP contribution is -2.38. The molecule has 2 aliphatic rings. The highest BCUT2D eigenvalue weighted by Crippen LogP contribution is 2.36. The first-order chi connectivity index (χ1) is 15.3. The fourth-order valence-electron chi connectivity index (χ4n) is 4.18. The third kappa shape index (κ3) is 5.39. The van der Waals surface area contributed by atoms with Gasteiger partial charge in [0.2, 0.25) is 5.95 Å². The van der Waals surface area contributed by atoms with E-state index >= 15 is 0 Å². The molecule has 1 atom stereocenters. The molecule has 0 radical (unpaired) electrons. The first-order valence-corrected chi connectivity index (χ1v) is 10.9. The summed E-state index contributed by atoms with van der Waals surface area (Å²) in [5.74, 6) is -0.276. The van der Waals surface area contributed by atoms with Crippen molar-refractivity contribution in [1.29, 1.82) is 0 Å². The number of aliphatic hydroxyl groups is 1. The van der Waals surface area contributed by atoms with Crippen LogP contribution in [0.1, 0.15) is 54.6 Å². The van der Waals surface area contributed by atoms with E-state index in [1.807, 2.05) is 0 Å². The van der Waals surface area contributed by atoms with Crippen LogP contribution in [-0.4, -0.2) is 57.2 Å². The smallest absolute Gasteiger partial charge is 0.393 e. The van der Waals surface area contributed by atoms with Crippen LogP contribution in [0.5, 0.6) is 0 Å². The second-order valence-corrected chi connectivity index (χ2v) is 8.42. The zero-order chi connectivity index (χ0) is 22.7. The Balaban J connectivity index is 1.54. The van der Waals surface area contributed by atoms with E-state index in [1.165, 1.54) is 12.3 Å². The van der Waals surface area contributed by atoms with Gasteiger partial charge >= 0.3 is 6.18 Å². The minimum absolute atomic E-state index is 0.0370. The van der Waals surface area contributed by atoms with E-state index in [-0.39, 0.29) is 41.1 Å². The van der Waals surface area contributed by atoms with Gasteiger partial charge in [-0.2, -0.15) is 13.2 Å². The Hall–Kier alpha value is -2.66. The largest absolute Gasteiger partial charge is 0.419 e. The highest BCUT2D eigenvalue weighted by Gasteiger charge is 2.36. The Morgan fingerprint density at radius 1 is 1.16 bits per heavy atom. The molecule has 3 heterocycles. The number of piperidine rings is 1. The predicted molar refractivity (Wildman–Crippen MR) is 112 cm³/mol. The molecular weight excluding hydrogens is 425 g/mol. The zero-order valence-electron chi connectivity index (χ0n) is 17.5. The summed E-state index contributed by atoms with van der Waals surface area (Å²) in [6.45, 7) is 1.60. The number of halogens is 3. The molecule has 2 aromatic heterocycles. The molecule has 1 aliphatic carbocycles. The van der Waals surface area contributed by atoms with Crippen molar-refractivity contribution in [2.45, 2.75) is 62.9 Å². The van der Waals surface area contributed by atoms with E-state index < -0.39 is 17.6 Å². The van der Waals surface area contributed by atoms with Crippen molar-refractivity contribution in [2.75, 3.05) is 18.4 Å². The molecule has 1 amide bonds. The predicted octanol–water partition coefficient (Wildman–Crippen LogP) is 2.69. The van der Waals surface area contributed by atoms with E-state index in [0.717, 1.165) is 25.6 Å². The first kappa shape index (κ1) is 22.5. The van der Waals surface area contributed by atoms with Gasteiger partial charge in [-0.25, -0.2) is 9.97 Å². The maximum absolute atomic E-state index is 13.6. The maximum atomic E-state index is 13.6. The van der Waals surface area contributed by atoms with Gasteiger partial charge in [-0.3, -0.25) is 4.79 Å². The summed E-state index contributed by atoms with van der Waals surface area (Å²) in [6, 6.07) is 1.34. The highest BCUT2D eigenvalue weighted by atomic mass is 19.4. The first-order valence-electron chi connectivity index (χ1n) is 10.9. The summed E-state index contributed by atoms with van der Waals surface area (Å²) in [5, 5.41) is 18.8. The number of carbonyl (C=O) groups excluding carboxylic acids is 1. The van der Waals surface area contributed by atoms with Gasteiger partial charge in [-0.15, -0.1) is 0 Å². The molecule has 32 heavy (non-hydrogen) atoms. The number of carbonyl (C=O) groups is 1. The molecule has 0 aromatic carbocycles. The summed E-state index contributed by atoms with van der Waals surface area (Å²) < 4.78 is 40.8. The number of nitrogens with one attached hydrogen (secondary N) is 4. The number of alkyl halides is 3. The molecule has 11 heteroatoms. The fraction of sp³-hybridized carbons (Fsp3) is 0.571. The van der Waals surface area contributed by atoms with Crippen LogP contribution in [0.2, 0.25) is 0 Å². The normalized spacial score (nSPS) is 24.2. The summed E-state index contributed by atoms with van der Waals surface area (Å²) in [6.07, 6.45) is 1.54. The molecule has 174 valence electrons. The van der Waals surface area contributed by atoms with E-state index in [1.54, 1.807) is 0 Å². The molecule has 0 spiro atoms. The van der Waals surface area contributed by atoms with Crippen molar-refractivity contribution in [2.24, 2.45) is 0 Å². The van der Waals surface area contributed by atoms with Crippen LogP contribution in [-0.2, 0) is 6.18 Å². The van der Waals surface area contributed by atoms with Crippen LogP contribution >= 0.6 is 0 Å². The Bertz CT molecular complexity index is 934. The Kier molecular flexibility index (Phi) is 6.66. The van der Waals surface area contributed by atoms with Crippen molar-refractivity contribution in [3.8, 4) is 11.3 Å². The van der Waals surface area contributed by atoms with E-state index in [2.05, 4.69) is 30.9 Å². The molecule has 5 N–H and O–H groups in total. The number of aromatic nitrogens is 3. The van der Waals surface area contributed by atoms with Gasteiger partial charge in [-0.05, 0) is 51.1 Å². The number of rotatable bonds is 5. The molecule has 1 saturated carbocycles. The molecule has 1 aliphatic heterocycles. The summed E-state index contributed by atoms with van der Waals surface area (Å²) in [5.41, 5.74) is -0.926. The minimum Gasteiger partial charge on any atom is -0.393 e. The molecule has 2 fully saturated rings.